The number of nitrogens with one attached hydrogen (secondary N) is 1. The maximum Gasteiger partial charge on any atom is 0.0614 e. The van der Waals surface area contributed by atoms with Crippen molar-refractivity contribution in [2.75, 3.05) is 19.8 Å². The van der Waals surface area contributed by atoms with Crippen molar-refractivity contribution in [1.82, 2.24) is 5.32 Å². The quantitative estimate of drug-likeness (QED) is 0.687. The Morgan fingerprint density at radius 1 is 1.33 bits per heavy atom. The molecule has 2 rings (SSSR count). The van der Waals surface area contributed by atoms with Gasteiger partial charge in [0.15, 0.2) is 0 Å². The Balaban J connectivity index is 1.65. The van der Waals surface area contributed by atoms with E-state index >= 15 is 0 Å². The predicted octanol–water partition coefficient (Wildman–Crippen LogP) is 2.92. The lowest BCUT2D eigenvalue weighted by atomic mass is 9.98. The van der Waals surface area contributed by atoms with E-state index in [0.717, 1.165) is 51.7 Å². The summed E-state index contributed by atoms with van der Waals surface area (Å²) in [5, 5.41) is 13.2. The van der Waals surface area contributed by atoms with E-state index < -0.39 is 0 Å². The minimum absolute atomic E-state index is 0.0971. The number of rotatable bonds is 9. The van der Waals surface area contributed by atoms with Crippen molar-refractivity contribution in [1.29, 1.82) is 0 Å². The topological polar surface area (TPSA) is 41.5 Å². The second-order valence-electron chi connectivity index (χ2n) is 6.19. The van der Waals surface area contributed by atoms with Gasteiger partial charge in [-0.2, -0.15) is 0 Å². The molecular weight excluding hydrogens is 262 g/mol. The molecule has 0 saturated heterocycles. The Kier molecular flexibility index (Phi) is 6.68. The first-order chi connectivity index (χ1) is 10.3. The van der Waals surface area contributed by atoms with Crippen LogP contribution in [0.5, 0.6) is 0 Å². The second kappa shape index (κ2) is 8.52. The number of hydrogen-bond donors (Lipinski definition) is 2. The van der Waals surface area contributed by atoms with Gasteiger partial charge in [0.25, 0.3) is 0 Å². The SMILES string of the molecule is CCCNC1(CO)CCC(OCCCc2ccccc2)C1. The van der Waals surface area contributed by atoms with Crippen molar-refractivity contribution in [2.24, 2.45) is 0 Å². The van der Waals surface area contributed by atoms with E-state index in [0.29, 0.717) is 6.10 Å². The van der Waals surface area contributed by atoms with Crippen molar-refractivity contribution in [2.45, 2.75) is 57.1 Å². The molecule has 21 heavy (non-hydrogen) atoms. The zero-order valence-electron chi connectivity index (χ0n) is 13.2. The summed E-state index contributed by atoms with van der Waals surface area (Å²) in [6.45, 7) is 4.16. The molecule has 3 heteroatoms. The minimum atomic E-state index is -0.0971. The normalized spacial score (nSPS) is 25.3. The molecule has 1 aliphatic rings. The van der Waals surface area contributed by atoms with Gasteiger partial charge in [0.2, 0.25) is 0 Å². The fourth-order valence-corrected chi connectivity index (χ4v) is 3.14. The fourth-order valence-electron chi connectivity index (χ4n) is 3.14. The highest BCUT2D eigenvalue weighted by Gasteiger charge is 2.38. The summed E-state index contributed by atoms with van der Waals surface area (Å²) in [5.74, 6) is 0. The van der Waals surface area contributed by atoms with Gasteiger partial charge in [0.05, 0.1) is 12.7 Å². The molecule has 118 valence electrons. The van der Waals surface area contributed by atoms with Crippen LogP contribution in [0.25, 0.3) is 0 Å². The maximum absolute atomic E-state index is 9.66. The molecule has 1 aromatic carbocycles. The number of aliphatic hydroxyl groups is 1. The van der Waals surface area contributed by atoms with Gasteiger partial charge in [-0.25, -0.2) is 0 Å². The summed E-state index contributed by atoms with van der Waals surface area (Å²) in [4.78, 5) is 0. The summed E-state index contributed by atoms with van der Waals surface area (Å²) >= 11 is 0. The first-order valence-corrected chi connectivity index (χ1v) is 8.29. The number of hydrogen-bond acceptors (Lipinski definition) is 3. The van der Waals surface area contributed by atoms with E-state index in [1.54, 1.807) is 0 Å². The molecule has 0 amide bonds. The van der Waals surface area contributed by atoms with E-state index in [9.17, 15) is 5.11 Å². The summed E-state index contributed by atoms with van der Waals surface area (Å²) in [5.41, 5.74) is 1.28. The summed E-state index contributed by atoms with van der Waals surface area (Å²) in [6, 6.07) is 10.6. The van der Waals surface area contributed by atoms with E-state index in [1.165, 1.54) is 5.56 Å². The van der Waals surface area contributed by atoms with Crippen molar-refractivity contribution in [3.05, 3.63) is 35.9 Å². The molecule has 1 saturated carbocycles. The van der Waals surface area contributed by atoms with Gasteiger partial charge < -0.3 is 15.2 Å². The molecule has 0 aliphatic heterocycles. The molecule has 1 aliphatic carbocycles. The molecular formula is C18H29NO2. The smallest absolute Gasteiger partial charge is 0.0614 e. The van der Waals surface area contributed by atoms with E-state index in [1.807, 2.05) is 0 Å². The summed E-state index contributed by atoms with van der Waals surface area (Å²) in [7, 11) is 0. The lowest BCUT2D eigenvalue weighted by Gasteiger charge is -2.28. The van der Waals surface area contributed by atoms with Crippen LogP contribution in [0.1, 0.15) is 44.6 Å². The van der Waals surface area contributed by atoms with Crippen molar-refractivity contribution < 1.29 is 9.84 Å². The first-order valence-electron chi connectivity index (χ1n) is 8.29. The van der Waals surface area contributed by atoms with Crippen LogP contribution in [0.3, 0.4) is 0 Å². The zero-order chi connectivity index (χ0) is 15.0. The van der Waals surface area contributed by atoms with E-state index in [2.05, 4.69) is 42.6 Å². The molecule has 3 nitrogen and oxygen atoms in total. The van der Waals surface area contributed by atoms with Gasteiger partial charge in [-0.1, -0.05) is 37.3 Å². The van der Waals surface area contributed by atoms with Crippen molar-refractivity contribution in [3.63, 3.8) is 0 Å². The van der Waals surface area contributed by atoms with E-state index in [-0.39, 0.29) is 12.1 Å². The Morgan fingerprint density at radius 3 is 2.86 bits per heavy atom. The van der Waals surface area contributed by atoms with Gasteiger partial charge in [-0.3, -0.25) is 0 Å². The second-order valence-corrected chi connectivity index (χ2v) is 6.19. The maximum atomic E-state index is 9.66. The van der Waals surface area contributed by atoms with Crippen LogP contribution in [0.4, 0.5) is 0 Å². The largest absolute Gasteiger partial charge is 0.394 e. The van der Waals surface area contributed by atoms with Crippen molar-refractivity contribution >= 4 is 0 Å². The van der Waals surface area contributed by atoms with Gasteiger partial charge in [-0.15, -0.1) is 0 Å². The molecule has 1 fully saturated rings. The van der Waals surface area contributed by atoms with Crippen LogP contribution < -0.4 is 5.32 Å². The summed E-state index contributed by atoms with van der Waals surface area (Å²) in [6.07, 6.45) is 6.56. The van der Waals surface area contributed by atoms with Crippen LogP contribution in [0, 0.1) is 0 Å². The third-order valence-electron chi connectivity index (χ3n) is 4.42. The van der Waals surface area contributed by atoms with E-state index in [4.69, 9.17) is 4.74 Å². The molecule has 2 unspecified atom stereocenters. The average Bonchev–Trinajstić information content (AvgIpc) is 2.95. The number of aliphatic hydroxyl groups excluding tert-OH is 1. The molecule has 0 radical (unpaired) electrons. The first kappa shape index (κ1) is 16.5. The van der Waals surface area contributed by atoms with Crippen LogP contribution in [0.15, 0.2) is 30.3 Å². The van der Waals surface area contributed by atoms with Crippen LogP contribution >= 0.6 is 0 Å². The Labute approximate surface area is 128 Å². The Morgan fingerprint density at radius 2 is 2.14 bits per heavy atom. The minimum Gasteiger partial charge on any atom is -0.394 e. The molecule has 0 heterocycles. The zero-order valence-corrected chi connectivity index (χ0v) is 13.2. The monoisotopic (exact) mass is 291 g/mol. The Hall–Kier alpha value is -0.900. The lowest BCUT2D eigenvalue weighted by molar-refractivity contribution is 0.0455. The van der Waals surface area contributed by atoms with Crippen LogP contribution in [-0.4, -0.2) is 36.5 Å². The van der Waals surface area contributed by atoms with Gasteiger partial charge in [0.1, 0.15) is 0 Å². The number of aryl methyl sites for hydroxylation is 1. The lowest BCUT2D eigenvalue weighted by Crippen LogP contribution is -2.47. The molecule has 0 aromatic heterocycles. The standard InChI is InChI=1S/C18H29NO2/c1-2-12-19-18(15-20)11-10-17(14-18)21-13-6-9-16-7-4-3-5-8-16/h3-5,7-8,17,19-20H,2,6,9-15H2,1H3. The highest BCUT2D eigenvalue weighted by Crippen LogP contribution is 2.31. The predicted molar refractivity (Wildman–Crippen MR) is 86.5 cm³/mol. The fraction of sp³-hybridized carbons (Fsp3) is 0.667. The van der Waals surface area contributed by atoms with Gasteiger partial charge in [0, 0.05) is 12.1 Å². The van der Waals surface area contributed by atoms with Crippen LogP contribution in [-0.2, 0) is 11.2 Å². The number of benzene rings is 1. The molecule has 2 N–H and O–H groups in total. The van der Waals surface area contributed by atoms with Gasteiger partial charge >= 0.3 is 0 Å². The van der Waals surface area contributed by atoms with Crippen LogP contribution in [0.2, 0.25) is 0 Å². The van der Waals surface area contributed by atoms with Crippen molar-refractivity contribution in [3.8, 4) is 0 Å². The molecule has 0 spiro atoms. The highest BCUT2D eigenvalue weighted by molar-refractivity contribution is 5.14. The Bertz CT molecular complexity index is 395. The molecule has 0 bridgehead atoms. The molecule has 2 atom stereocenters. The third kappa shape index (κ3) is 5.10. The average molecular weight is 291 g/mol. The highest BCUT2D eigenvalue weighted by atomic mass is 16.5. The number of ether oxygens (including phenoxy) is 1. The third-order valence-corrected chi connectivity index (χ3v) is 4.42. The summed E-state index contributed by atoms with van der Waals surface area (Å²) < 4.78 is 6.01. The van der Waals surface area contributed by atoms with Gasteiger partial charge in [-0.05, 0) is 50.6 Å². The molecule has 1 aromatic rings.